The van der Waals surface area contributed by atoms with Gasteiger partial charge in [0.1, 0.15) is 10.8 Å². The molecule has 0 saturated heterocycles. The second-order valence-corrected chi connectivity index (χ2v) is 11.5. The van der Waals surface area contributed by atoms with Crippen LogP contribution in [0.1, 0.15) is 63.5 Å². The first-order chi connectivity index (χ1) is 13.5. The van der Waals surface area contributed by atoms with Gasteiger partial charge in [0.2, 0.25) is 0 Å². The van der Waals surface area contributed by atoms with Crippen LogP contribution in [0.25, 0.3) is 15.4 Å². The van der Waals surface area contributed by atoms with Crippen LogP contribution < -0.4 is 0 Å². The van der Waals surface area contributed by atoms with Gasteiger partial charge in [0.25, 0.3) is 0 Å². The Morgan fingerprint density at radius 2 is 1.72 bits per heavy atom. The summed E-state index contributed by atoms with van der Waals surface area (Å²) in [6.07, 6.45) is 3.41. The average molecular weight is 431 g/mol. The van der Waals surface area contributed by atoms with Gasteiger partial charge in [0, 0.05) is 23.2 Å². The van der Waals surface area contributed by atoms with Crippen molar-refractivity contribution in [2.45, 2.75) is 58.3 Å². The summed E-state index contributed by atoms with van der Waals surface area (Å²) in [5, 5.41) is 1.10. The van der Waals surface area contributed by atoms with Gasteiger partial charge in [-0.25, -0.2) is 13.4 Å². The molecule has 0 amide bonds. The van der Waals surface area contributed by atoms with Crippen molar-refractivity contribution < 1.29 is 8.42 Å². The molecule has 29 heavy (non-hydrogen) atoms. The SMILES string of the molecule is Cc1ccc(-c2ccc(-n3cc(C(C)C)nc3C(C)C(C)C)s2)cc1S(C)(=O)=O. The number of benzene rings is 1. The van der Waals surface area contributed by atoms with E-state index in [4.69, 9.17) is 4.98 Å². The van der Waals surface area contributed by atoms with Gasteiger partial charge in [0.05, 0.1) is 10.6 Å². The minimum atomic E-state index is -3.25. The van der Waals surface area contributed by atoms with Crippen molar-refractivity contribution >= 4 is 21.2 Å². The molecule has 3 rings (SSSR count). The van der Waals surface area contributed by atoms with Crippen molar-refractivity contribution in [3.63, 3.8) is 0 Å². The largest absolute Gasteiger partial charge is 0.294 e. The van der Waals surface area contributed by atoms with E-state index < -0.39 is 9.84 Å². The minimum absolute atomic E-state index is 0.337. The number of aryl methyl sites for hydroxylation is 1. The van der Waals surface area contributed by atoms with Crippen LogP contribution in [0.2, 0.25) is 0 Å². The van der Waals surface area contributed by atoms with Gasteiger partial charge >= 0.3 is 0 Å². The number of sulfone groups is 1. The van der Waals surface area contributed by atoms with Crippen molar-refractivity contribution in [3.05, 3.63) is 53.6 Å². The molecule has 3 aromatic rings. The second-order valence-electron chi connectivity index (χ2n) is 8.47. The third-order valence-corrected chi connectivity index (χ3v) is 7.82. The molecule has 4 nitrogen and oxygen atoms in total. The van der Waals surface area contributed by atoms with E-state index in [1.54, 1.807) is 17.4 Å². The molecule has 2 heterocycles. The van der Waals surface area contributed by atoms with Crippen molar-refractivity contribution in [1.82, 2.24) is 9.55 Å². The fourth-order valence-electron chi connectivity index (χ4n) is 3.25. The lowest BCUT2D eigenvalue weighted by Gasteiger charge is -2.16. The van der Waals surface area contributed by atoms with Gasteiger partial charge in [-0.15, -0.1) is 11.3 Å². The van der Waals surface area contributed by atoms with E-state index in [2.05, 4.69) is 57.5 Å². The van der Waals surface area contributed by atoms with Crippen LogP contribution in [0.3, 0.4) is 0 Å². The number of thiophene rings is 1. The summed E-state index contributed by atoms with van der Waals surface area (Å²) in [5.41, 5.74) is 2.80. The number of hydrogen-bond acceptors (Lipinski definition) is 4. The third kappa shape index (κ3) is 4.48. The fraction of sp³-hybridized carbons (Fsp3) is 0.435. The predicted molar refractivity (Wildman–Crippen MR) is 122 cm³/mol. The van der Waals surface area contributed by atoms with Crippen molar-refractivity contribution in [2.75, 3.05) is 6.26 Å². The standard InChI is InChI=1S/C23H30N2O2S2/c1-14(2)17(6)23-24-19(15(3)4)13-25(23)22-11-10-20(28-22)18-9-8-16(5)21(12-18)29(7,26)27/h8-15,17H,1-7H3. The molecular formula is C23H30N2O2S2. The van der Waals surface area contributed by atoms with Crippen molar-refractivity contribution in [3.8, 4) is 15.4 Å². The number of nitrogens with zero attached hydrogens (tertiary/aromatic N) is 2. The molecule has 1 unspecified atom stereocenters. The topological polar surface area (TPSA) is 52.0 Å². The van der Waals surface area contributed by atoms with E-state index in [9.17, 15) is 8.42 Å². The van der Waals surface area contributed by atoms with Crippen LogP contribution >= 0.6 is 11.3 Å². The normalized spacial score (nSPS) is 13.4. The van der Waals surface area contributed by atoms with Crippen molar-refractivity contribution in [1.29, 1.82) is 0 Å². The van der Waals surface area contributed by atoms with E-state index >= 15 is 0 Å². The van der Waals surface area contributed by atoms with E-state index in [0.29, 0.717) is 22.6 Å². The number of hydrogen-bond donors (Lipinski definition) is 0. The molecule has 1 atom stereocenters. The Bertz CT molecular complexity index is 1120. The number of imidazole rings is 1. The maximum atomic E-state index is 12.1. The summed E-state index contributed by atoms with van der Waals surface area (Å²) in [6.45, 7) is 12.8. The molecule has 0 spiro atoms. The first kappa shape index (κ1) is 21.8. The molecule has 0 fully saturated rings. The molecule has 0 radical (unpaired) electrons. The van der Waals surface area contributed by atoms with E-state index in [0.717, 1.165) is 32.5 Å². The molecule has 0 saturated carbocycles. The number of rotatable bonds is 6. The van der Waals surface area contributed by atoms with Gasteiger partial charge in [-0.1, -0.05) is 46.8 Å². The predicted octanol–water partition coefficient (Wildman–Crippen LogP) is 6.20. The van der Waals surface area contributed by atoms with Gasteiger partial charge in [-0.2, -0.15) is 0 Å². The first-order valence-corrected chi connectivity index (χ1v) is 12.7. The lowest BCUT2D eigenvalue weighted by molar-refractivity contribution is 0.505. The minimum Gasteiger partial charge on any atom is -0.294 e. The van der Waals surface area contributed by atoms with E-state index in [1.807, 2.05) is 19.1 Å². The molecule has 0 aliphatic rings. The summed E-state index contributed by atoms with van der Waals surface area (Å²) in [4.78, 5) is 6.38. The van der Waals surface area contributed by atoms with Crippen LogP contribution in [0.5, 0.6) is 0 Å². The van der Waals surface area contributed by atoms with Crippen LogP contribution in [-0.2, 0) is 9.84 Å². The summed E-state index contributed by atoms with van der Waals surface area (Å²) in [7, 11) is -3.25. The lowest BCUT2D eigenvalue weighted by Crippen LogP contribution is -2.09. The van der Waals surface area contributed by atoms with Crippen molar-refractivity contribution in [2.24, 2.45) is 5.92 Å². The average Bonchev–Trinajstić information content (AvgIpc) is 3.27. The summed E-state index contributed by atoms with van der Waals surface area (Å²) >= 11 is 1.66. The third-order valence-electron chi connectivity index (χ3n) is 5.45. The molecule has 2 aromatic heterocycles. The second kappa shape index (κ2) is 8.07. The lowest BCUT2D eigenvalue weighted by atomic mass is 9.97. The highest BCUT2D eigenvalue weighted by Gasteiger charge is 2.21. The Kier molecular flexibility index (Phi) is 6.06. The van der Waals surface area contributed by atoms with Gasteiger partial charge in [-0.05, 0) is 48.1 Å². The van der Waals surface area contributed by atoms with Gasteiger partial charge in [-0.3, -0.25) is 4.57 Å². The number of aromatic nitrogens is 2. The Balaban J connectivity index is 2.07. The zero-order valence-corrected chi connectivity index (χ0v) is 19.9. The van der Waals surface area contributed by atoms with Crippen LogP contribution in [0, 0.1) is 12.8 Å². The summed E-state index contributed by atoms with van der Waals surface area (Å²) in [5.74, 6) is 2.27. The highest BCUT2D eigenvalue weighted by Crippen LogP contribution is 2.35. The molecule has 0 aliphatic carbocycles. The summed E-state index contributed by atoms with van der Waals surface area (Å²) in [6, 6.07) is 9.82. The molecule has 0 aliphatic heterocycles. The zero-order chi connectivity index (χ0) is 21.5. The van der Waals surface area contributed by atoms with Crippen LogP contribution in [-0.4, -0.2) is 24.2 Å². The Labute approximate surface area is 178 Å². The molecule has 1 aromatic carbocycles. The quantitative estimate of drug-likeness (QED) is 0.468. The van der Waals surface area contributed by atoms with E-state index in [1.165, 1.54) is 6.26 Å². The summed E-state index contributed by atoms with van der Waals surface area (Å²) < 4.78 is 26.4. The first-order valence-electron chi connectivity index (χ1n) is 9.99. The maximum Gasteiger partial charge on any atom is 0.175 e. The van der Waals surface area contributed by atoms with Crippen LogP contribution in [0.15, 0.2) is 41.4 Å². The van der Waals surface area contributed by atoms with Gasteiger partial charge < -0.3 is 0 Å². The Morgan fingerprint density at radius 3 is 2.31 bits per heavy atom. The molecular weight excluding hydrogens is 400 g/mol. The maximum absolute atomic E-state index is 12.1. The Hall–Kier alpha value is -1.92. The molecule has 156 valence electrons. The smallest absolute Gasteiger partial charge is 0.175 e. The molecule has 6 heteroatoms. The molecule has 0 bridgehead atoms. The van der Waals surface area contributed by atoms with E-state index in [-0.39, 0.29) is 0 Å². The monoisotopic (exact) mass is 430 g/mol. The Morgan fingerprint density at radius 1 is 1.03 bits per heavy atom. The highest BCUT2D eigenvalue weighted by atomic mass is 32.2. The zero-order valence-electron chi connectivity index (χ0n) is 18.2. The molecule has 0 N–H and O–H groups in total. The highest BCUT2D eigenvalue weighted by molar-refractivity contribution is 7.90. The van der Waals surface area contributed by atoms with Crippen LogP contribution in [0.4, 0.5) is 0 Å². The fourth-order valence-corrected chi connectivity index (χ4v) is 5.23. The van der Waals surface area contributed by atoms with Gasteiger partial charge in [0.15, 0.2) is 9.84 Å².